The van der Waals surface area contributed by atoms with Crippen molar-refractivity contribution in [3.63, 3.8) is 0 Å². The van der Waals surface area contributed by atoms with E-state index in [4.69, 9.17) is 4.74 Å². The third-order valence-electron chi connectivity index (χ3n) is 3.16. The number of carbonyl (C=O) groups is 1. The maximum absolute atomic E-state index is 11.1. The molecule has 3 nitrogen and oxygen atoms in total. The van der Waals surface area contributed by atoms with Gasteiger partial charge in [0.2, 0.25) is 0 Å². The smallest absolute Gasteiger partial charge is 0.153 e. The minimum Gasteiger partial charge on any atom is -0.489 e. The SMILES string of the molecule is CC(=O)[C@H](C)N=Cc1ccc(OCc2ccccc2)cc1. The second kappa shape index (κ2) is 7.39. The number of ketones is 1. The highest BCUT2D eigenvalue weighted by Crippen LogP contribution is 2.13. The Balaban J connectivity index is 1.91. The lowest BCUT2D eigenvalue weighted by molar-refractivity contribution is -0.117. The predicted molar refractivity (Wildman–Crippen MR) is 85.0 cm³/mol. The third kappa shape index (κ3) is 4.88. The minimum absolute atomic E-state index is 0.0639. The van der Waals surface area contributed by atoms with Crippen LogP contribution in [0, 0.1) is 0 Å². The summed E-state index contributed by atoms with van der Waals surface area (Å²) in [7, 11) is 0. The second-order valence-corrected chi connectivity index (χ2v) is 4.91. The summed E-state index contributed by atoms with van der Waals surface area (Å²) in [5, 5.41) is 0. The van der Waals surface area contributed by atoms with Crippen molar-refractivity contribution in [3.8, 4) is 5.75 Å². The molecule has 0 aliphatic rings. The Morgan fingerprint density at radius 1 is 1.14 bits per heavy atom. The maximum atomic E-state index is 11.1. The monoisotopic (exact) mass is 281 g/mol. The molecule has 0 N–H and O–H groups in total. The lowest BCUT2D eigenvalue weighted by Gasteiger charge is -2.06. The average molecular weight is 281 g/mol. The molecule has 0 heterocycles. The summed E-state index contributed by atoms with van der Waals surface area (Å²) in [6.07, 6.45) is 1.72. The third-order valence-corrected chi connectivity index (χ3v) is 3.16. The number of hydrogen-bond acceptors (Lipinski definition) is 3. The molecule has 1 atom stereocenters. The van der Waals surface area contributed by atoms with Crippen molar-refractivity contribution in [2.45, 2.75) is 26.5 Å². The van der Waals surface area contributed by atoms with Crippen LogP contribution in [0.1, 0.15) is 25.0 Å². The zero-order chi connectivity index (χ0) is 15.1. The molecule has 0 unspecified atom stereocenters. The molecular weight excluding hydrogens is 262 g/mol. The van der Waals surface area contributed by atoms with Gasteiger partial charge in [0.25, 0.3) is 0 Å². The Morgan fingerprint density at radius 2 is 1.81 bits per heavy atom. The Labute approximate surface area is 125 Å². The summed E-state index contributed by atoms with van der Waals surface area (Å²) >= 11 is 0. The van der Waals surface area contributed by atoms with Crippen LogP contribution in [0.2, 0.25) is 0 Å². The number of benzene rings is 2. The molecule has 0 spiro atoms. The van der Waals surface area contributed by atoms with Gasteiger partial charge >= 0.3 is 0 Å². The second-order valence-electron chi connectivity index (χ2n) is 4.91. The molecule has 2 aromatic carbocycles. The van der Waals surface area contributed by atoms with Crippen molar-refractivity contribution < 1.29 is 9.53 Å². The molecule has 0 aromatic heterocycles. The highest BCUT2D eigenvalue weighted by molar-refractivity contribution is 5.86. The molecule has 21 heavy (non-hydrogen) atoms. The number of Topliss-reactive ketones (excluding diaryl/α,β-unsaturated/α-hetero) is 1. The average Bonchev–Trinajstić information content (AvgIpc) is 2.52. The fraction of sp³-hybridized carbons (Fsp3) is 0.222. The molecule has 0 fully saturated rings. The van der Waals surface area contributed by atoms with Crippen LogP contribution in [-0.4, -0.2) is 18.0 Å². The summed E-state index contributed by atoms with van der Waals surface area (Å²) in [6, 6.07) is 17.4. The lowest BCUT2D eigenvalue weighted by Crippen LogP contribution is -2.09. The minimum atomic E-state index is -0.293. The maximum Gasteiger partial charge on any atom is 0.153 e. The van der Waals surface area contributed by atoms with Crippen molar-refractivity contribution in [1.29, 1.82) is 0 Å². The van der Waals surface area contributed by atoms with Gasteiger partial charge in [0.05, 0.1) is 0 Å². The van der Waals surface area contributed by atoms with E-state index >= 15 is 0 Å². The van der Waals surface area contributed by atoms with E-state index in [9.17, 15) is 4.79 Å². The predicted octanol–water partition coefficient (Wildman–Crippen LogP) is 3.66. The fourth-order valence-electron chi connectivity index (χ4n) is 1.69. The molecule has 0 radical (unpaired) electrons. The van der Waals surface area contributed by atoms with E-state index < -0.39 is 0 Å². The molecule has 3 heteroatoms. The zero-order valence-corrected chi connectivity index (χ0v) is 12.3. The first-order valence-electron chi connectivity index (χ1n) is 6.95. The number of rotatable bonds is 6. The van der Waals surface area contributed by atoms with Crippen molar-refractivity contribution >= 4 is 12.0 Å². The molecule has 0 aliphatic heterocycles. The van der Waals surface area contributed by atoms with Crippen LogP contribution in [0.25, 0.3) is 0 Å². The number of ether oxygens (including phenoxy) is 1. The first-order chi connectivity index (χ1) is 10.1. The highest BCUT2D eigenvalue weighted by atomic mass is 16.5. The van der Waals surface area contributed by atoms with Gasteiger partial charge in [-0.2, -0.15) is 0 Å². The van der Waals surface area contributed by atoms with E-state index in [1.807, 2.05) is 54.6 Å². The quantitative estimate of drug-likeness (QED) is 0.758. The highest BCUT2D eigenvalue weighted by Gasteiger charge is 2.02. The lowest BCUT2D eigenvalue weighted by atomic mass is 10.2. The first-order valence-corrected chi connectivity index (χ1v) is 6.95. The molecule has 0 saturated heterocycles. The number of hydrogen-bond donors (Lipinski definition) is 0. The molecule has 0 amide bonds. The summed E-state index contributed by atoms with van der Waals surface area (Å²) in [4.78, 5) is 15.3. The van der Waals surface area contributed by atoms with E-state index in [2.05, 4.69) is 4.99 Å². The van der Waals surface area contributed by atoms with E-state index in [-0.39, 0.29) is 11.8 Å². The van der Waals surface area contributed by atoms with Crippen molar-refractivity contribution in [3.05, 3.63) is 65.7 Å². The van der Waals surface area contributed by atoms with Gasteiger partial charge in [-0.25, -0.2) is 0 Å². The Morgan fingerprint density at radius 3 is 2.43 bits per heavy atom. The van der Waals surface area contributed by atoms with Crippen LogP contribution in [-0.2, 0) is 11.4 Å². The van der Waals surface area contributed by atoms with Crippen LogP contribution >= 0.6 is 0 Å². The van der Waals surface area contributed by atoms with Gasteiger partial charge in [0, 0.05) is 6.21 Å². The summed E-state index contributed by atoms with van der Waals surface area (Å²) in [6.45, 7) is 3.88. The zero-order valence-electron chi connectivity index (χ0n) is 12.3. The molecule has 0 bridgehead atoms. The molecule has 108 valence electrons. The summed E-state index contributed by atoms with van der Waals surface area (Å²) < 4.78 is 5.71. The first kappa shape index (κ1) is 15.0. The van der Waals surface area contributed by atoms with Gasteiger partial charge < -0.3 is 4.74 Å². The number of nitrogens with zero attached hydrogens (tertiary/aromatic N) is 1. The molecular formula is C18H19NO2. The number of aliphatic imine (C=N–C) groups is 1. The van der Waals surface area contributed by atoms with Gasteiger partial charge in [-0.3, -0.25) is 9.79 Å². The van der Waals surface area contributed by atoms with E-state index in [0.717, 1.165) is 16.9 Å². The molecule has 0 aliphatic carbocycles. The van der Waals surface area contributed by atoms with E-state index in [1.165, 1.54) is 0 Å². The van der Waals surface area contributed by atoms with Crippen LogP contribution < -0.4 is 4.74 Å². The molecule has 0 saturated carbocycles. The largest absolute Gasteiger partial charge is 0.489 e. The molecule has 2 aromatic rings. The van der Waals surface area contributed by atoms with Crippen LogP contribution in [0.3, 0.4) is 0 Å². The van der Waals surface area contributed by atoms with E-state index in [1.54, 1.807) is 20.1 Å². The van der Waals surface area contributed by atoms with Crippen LogP contribution in [0.15, 0.2) is 59.6 Å². The standard InChI is InChI=1S/C18H19NO2/c1-14(15(2)20)19-12-16-8-10-18(11-9-16)21-13-17-6-4-3-5-7-17/h3-12,14H,13H2,1-2H3/t14-/m0/s1. The topological polar surface area (TPSA) is 38.7 Å². The van der Waals surface area contributed by atoms with Crippen molar-refractivity contribution in [1.82, 2.24) is 0 Å². The number of carbonyl (C=O) groups excluding carboxylic acids is 1. The Hall–Kier alpha value is -2.42. The normalized spacial score (nSPS) is 12.3. The van der Waals surface area contributed by atoms with E-state index in [0.29, 0.717) is 6.61 Å². The Kier molecular flexibility index (Phi) is 5.27. The van der Waals surface area contributed by atoms with Gasteiger partial charge in [-0.15, -0.1) is 0 Å². The van der Waals surface area contributed by atoms with Crippen molar-refractivity contribution in [2.75, 3.05) is 0 Å². The summed E-state index contributed by atoms with van der Waals surface area (Å²) in [5.74, 6) is 0.879. The summed E-state index contributed by atoms with van der Waals surface area (Å²) in [5.41, 5.74) is 2.09. The van der Waals surface area contributed by atoms with Gasteiger partial charge in [-0.05, 0) is 49.2 Å². The van der Waals surface area contributed by atoms with Crippen LogP contribution in [0.5, 0.6) is 5.75 Å². The fourth-order valence-corrected chi connectivity index (χ4v) is 1.69. The Bertz CT molecular complexity index is 603. The van der Waals surface area contributed by atoms with Gasteiger partial charge in [-0.1, -0.05) is 30.3 Å². The van der Waals surface area contributed by atoms with Gasteiger partial charge in [0.15, 0.2) is 5.78 Å². The van der Waals surface area contributed by atoms with Crippen molar-refractivity contribution in [2.24, 2.45) is 4.99 Å². The van der Waals surface area contributed by atoms with Crippen LogP contribution in [0.4, 0.5) is 0 Å². The molecule has 2 rings (SSSR count). The van der Waals surface area contributed by atoms with Gasteiger partial charge in [0.1, 0.15) is 18.4 Å².